The number of nitrogens with two attached hydrogens (primary N) is 1. The van der Waals surface area contributed by atoms with Crippen LogP contribution in [0.25, 0.3) is 0 Å². The Morgan fingerprint density at radius 1 is 1.27 bits per heavy atom. The first kappa shape index (κ1) is 13.0. The van der Waals surface area contributed by atoms with Crippen LogP contribution in [0.5, 0.6) is 0 Å². The topological polar surface area (TPSA) is 29.3 Å². The SMILES string of the molecule is CCN(CC)C1(CN)CC(C)(C)CC1C. The van der Waals surface area contributed by atoms with Gasteiger partial charge in [-0.05, 0) is 37.3 Å². The normalized spacial score (nSPS) is 35.0. The van der Waals surface area contributed by atoms with Crippen molar-refractivity contribution in [1.29, 1.82) is 0 Å². The fourth-order valence-electron chi connectivity index (χ4n) is 3.77. The van der Waals surface area contributed by atoms with Gasteiger partial charge in [0.05, 0.1) is 0 Å². The third-order valence-electron chi connectivity index (χ3n) is 4.31. The molecule has 0 spiro atoms. The average molecular weight is 212 g/mol. The van der Waals surface area contributed by atoms with E-state index < -0.39 is 0 Å². The molecular weight excluding hydrogens is 184 g/mol. The van der Waals surface area contributed by atoms with Crippen molar-refractivity contribution >= 4 is 0 Å². The predicted octanol–water partition coefficient (Wildman–Crippen LogP) is 2.48. The van der Waals surface area contributed by atoms with Crippen LogP contribution in [0.3, 0.4) is 0 Å². The molecular formula is C13H28N2. The molecule has 1 rings (SSSR count). The van der Waals surface area contributed by atoms with E-state index in [1.807, 2.05) is 0 Å². The lowest BCUT2D eigenvalue weighted by Gasteiger charge is -2.43. The summed E-state index contributed by atoms with van der Waals surface area (Å²) >= 11 is 0. The molecule has 0 heterocycles. The maximum Gasteiger partial charge on any atom is 0.0362 e. The monoisotopic (exact) mass is 212 g/mol. The molecule has 0 radical (unpaired) electrons. The lowest BCUT2D eigenvalue weighted by atomic mass is 9.84. The molecule has 2 N–H and O–H groups in total. The van der Waals surface area contributed by atoms with Crippen LogP contribution in [0.2, 0.25) is 0 Å². The van der Waals surface area contributed by atoms with E-state index in [2.05, 4.69) is 39.5 Å². The Hall–Kier alpha value is -0.0800. The molecule has 2 atom stereocenters. The molecule has 0 aliphatic heterocycles. The predicted molar refractivity (Wildman–Crippen MR) is 66.9 cm³/mol. The molecule has 1 aliphatic carbocycles. The van der Waals surface area contributed by atoms with Gasteiger partial charge >= 0.3 is 0 Å². The van der Waals surface area contributed by atoms with E-state index in [9.17, 15) is 0 Å². The highest BCUT2D eigenvalue weighted by molar-refractivity contribution is 5.05. The minimum absolute atomic E-state index is 0.257. The molecule has 1 saturated carbocycles. The van der Waals surface area contributed by atoms with Gasteiger partial charge in [-0.1, -0.05) is 34.6 Å². The largest absolute Gasteiger partial charge is 0.329 e. The minimum atomic E-state index is 0.257. The molecule has 1 fully saturated rings. The van der Waals surface area contributed by atoms with Gasteiger partial charge in [-0.2, -0.15) is 0 Å². The minimum Gasteiger partial charge on any atom is -0.329 e. The second-order valence-electron chi connectivity index (χ2n) is 5.93. The lowest BCUT2D eigenvalue weighted by molar-refractivity contribution is 0.0694. The molecule has 2 unspecified atom stereocenters. The van der Waals surface area contributed by atoms with Crippen LogP contribution in [0.15, 0.2) is 0 Å². The van der Waals surface area contributed by atoms with Gasteiger partial charge in [0, 0.05) is 12.1 Å². The zero-order valence-corrected chi connectivity index (χ0v) is 11.1. The molecule has 0 bridgehead atoms. The summed E-state index contributed by atoms with van der Waals surface area (Å²) in [5, 5.41) is 0. The number of hydrogen-bond donors (Lipinski definition) is 1. The molecule has 0 amide bonds. The van der Waals surface area contributed by atoms with Gasteiger partial charge in [-0.3, -0.25) is 4.90 Å². The van der Waals surface area contributed by atoms with Crippen LogP contribution in [0.4, 0.5) is 0 Å². The number of hydrogen-bond acceptors (Lipinski definition) is 2. The maximum absolute atomic E-state index is 6.09. The van der Waals surface area contributed by atoms with Crippen LogP contribution in [0.1, 0.15) is 47.5 Å². The number of likely N-dealkylation sites (N-methyl/N-ethyl adjacent to an activating group) is 1. The van der Waals surface area contributed by atoms with E-state index in [4.69, 9.17) is 5.73 Å². The summed E-state index contributed by atoms with van der Waals surface area (Å²) in [5.41, 5.74) is 6.81. The van der Waals surface area contributed by atoms with Crippen molar-refractivity contribution in [3.8, 4) is 0 Å². The van der Waals surface area contributed by atoms with Crippen LogP contribution in [0, 0.1) is 11.3 Å². The molecule has 0 aromatic heterocycles. The Morgan fingerprint density at radius 3 is 2.07 bits per heavy atom. The first-order valence-electron chi connectivity index (χ1n) is 6.37. The van der Waals surface area contributed by atoms with Gasteiger partial charge in [-0.15, -0.1) is 0 Å². The second kappa shape index (κ2) is 4.42. The summed E-state index contributed by atoms with van der Waals surface area (Å²) in [6.07, 6.45) is 2.56. The maximum atomic E-state index is 6.09. The number of rotatable bonds is 4. The Balaban J connectivity index is 2.94. The van der Waals surface area contributed by atoms with E-state index in [-0.39, 0.29) is 5.54 Å². The molecule has 2 heteroatoms. The summed E-state index contributed by atoms with van der Waals surface area (Å²) in [7, 11) is 0. The molecule has 0 aromatic rings. The Labute approximate surface area is 95.2 Å². The molecule has 0 saturated heterocycles. The summed E-state index contributed by atoms with van der Waals surface area (Å²) in [5.74, 6) is 0.720. The number of nitrogens with zero attached hydrogens (tertiary/aromatic N) is 1. The summed E-state index contributed by atoms with van der Waals surface area (Å²) in [4.78, 5) is 2.58. The van der Waals surface area contributed by atoms with E-state index in [0.29, 0.717) is 5.41 Å². The van der Waals surface area contributed by atoms with Crippen LogP contribution < -0.4 is 5.73 Å². The van der Waals surface area contributed by atoms with Crippen LogP contribution in [-0.2, 0) is 0 Å². The van der Waals surface area contributed by atoms with Crippen molar-refractivity contribution in [2.24, 2.45) is 17.1 Å². The Kier molecular flexibility index (Phi) is 3.83. The molecule has 0 aromatic carbocycles. The van der Waals surface area contributed by atoms with E-state index in [1.165, 1.54) is 12.8 Å². The summed E-state index contributed by atoms with van der Waals surface area (Å²) in [6.45, 7) is 14.7. The fourth-order valence-corrected chi connectivity index (χ4v) is 3.77. The van der Waals surface area contributed by atoms with E-state index in [0.717, 1.165) is 25.6 Å². The molecule has 2 nitrogen and oxygen atoms in total. The third kappa shape index (κ3) is 2.21. The highest BCUT2D eigenvalue weighted by Gasteiger charge is 2.50. The zero-order valence-electron chi connectivity index (χ0n) is 11.1. The zero-order chi connectivity index (χ0) is 11.7. The summed E-state index contributed by atoms with van der Waals surface area (Å²) < 4.78 is 0. The smallest absolute Gasteiger partial charge is 0.0362 e. The average Bonchev–Trinajstić information content (AvgIpc) is 2.39. The lowest BCUT2D eigenvalue weighted by Crippen LogP contribution is -2.55. The van der Waals surface area contributed by atoms with Crippen molar-refractivity contribution in [2.75, 3.05) is 19.6 Å². The molecule has 15 heavy (non-hydrogen) atoms. The van der Waals surface area contributed by atoms with Gasteiger partial charge in [-0.25, -0.2) is 0 Å². The van der Waals surface area contributed by atoms with Crippen LogP contribution in [-0.4, -0.2) is 30.1 Å². The first-order chi connectivity index (χ1) is 6.91. The van der Waals surface area contributed by atoms with Crippen molar-refractivity contribution in [3.63, 3.8) is 0 Å². The van der Waals surface area contributed by atoms with Crippen LogP contribution >= 0.6 is 0 Å². The van der Waals surface area contributed by atoms with Gasteiger partial charge in [0.2, 0.25) is 0 Å². The molecule has 90 valence electrons. The van der Waals surface area contributed by atoms with Gasteiger partial charge < -0.3 is 5.73 Å². The second-order valence-corrected chi connectivity index (χ2v) is 5.93. The van der Waals surface area contributed by atoms with Gasteiger partial charge in [0.15, 0.2) is 0 Å². The quantitative estimate of drug-likeness (QED) is 0.776. The van der Waals surface area contributed by atoms with Crippen molar-refractivity contribution < 1.29 is 0 Å². The van der Waals surface area contributed by atoms with E-state index >= 15 is 0 Å². The summed E-state index contributed by atoms with van der Waals surface area (Å²) in [6, 6.07) is 0. The highest BCUT2D eigenvalue weighted by atomic mass is 15.2. The first-order valence-corrected chi connectivity index (χ1v) is 6.37. The standard InChI is InChI=1S/C13H28N2/c1-6-15(7-2)13(10-14)9-12(4,5)8-11(13)3/h11H,6-10,14H2,1-5H3. The van der Waals surface area contributed by atoms with Crippen molar-refractivity contribution in [3.05, 3.63) is 0 Å². The van der Waals surface area contributed by atoms with Crippen molar-refractivity contribution in [2.45, 2.75) is 53.0 Å². The molecule has 1 aliphatic rings. The Bertz CT molecular complexity index is 209. The van der Waals surface area contributed by atoms with Gasteiger partial charge in [0.1, 0.15) is 0 Å². The Morgan fingerprint density at radius 2 is 1.80 bits per heavy atom. The highest BCUT2D eigenvalue weighted by Crippen LogP contribution is 2.49. The van der Waals surface area contributed by atoms with Gasteiger partial charge in [0.25, 0.3) is 0 Å². The fraction of sp³-hybridized carbons (Fsp3) is 1.00. The third-order valence-corrected chi connectivity index (χ3v) is 4.31. The van der Waals surface area contributed by atoms with Crippen molar-refractivity contribution in [1.82, 2.24) is 4.90 Å². The van der Waals surface area contributed by atoms with E-state index in [1.54, 1.807) is 0 Å².